The van der Waals surface area contributed by atoms with Crippen molar-refractivity contribution in [3.63, 3.8) is 0 Å². The van der Waals surface area contributed by atoms with Crippen molar-refractivity contribution in [3.8, 4) is 0 Å². The lowest BCUT2D eigenvalue weighted by atomic mass is 10.0. The normalized spacial score (nSPS) is 7.92. The van der Waals surface area contributed by atoms with Gasteiger partial charge in [0, 0.05) is 7.11 Å². The van der Waals surface area contributed by atoms with Crippen molar-refractivity contribution in [3.05, 3.63) is 35.9 Å². The van der Waals surface area contributed by atoms with E-state index in [1.807, 2.05) is 6.07 Å². The van der Waals surface area contributed by atoms with Crippen molar-refractivity contribution in [1.29, 1.82) is 0 Å². The second-order valence-electron chi connectivity index (χ2n) is 2.57. The largest absolute Gasteiger partial charge is 0.400 e. The van der Waals surface area contributed by atoms with Crippen LogP contribution in [0.3, 0.4) is 0 Å². The molecule has 76 valence electrons. The van der Waals surface area contributed by atoms with E-state index >= 15 is 0 Å². The second-order valence-corrected chi connectivity index (χ2v) is 2.57. The van der Waals surface area contributed by atoms with E-state index in [0.29, 0.717) is 13.1 Å². The summed E-state index contributed by atoms with van der Waals surface area (Å²) in [6.45, 7) is 4.41. The second kappa shape index (κ2) is 11.1. The lowest BCUT2D eigenvalue weighted by molar-refractivity contribution is 0.399. The smallest absolute Gasteiger partial charge is 0.0785 e. The molecule has 1 aromatic carbocycles. The van der Waals surface area contributed by atoms with Crippen LogP contribution in [0.25, 0.3) is 0 Å². The topological polar surface area (TPSA) is 20.2 Å². The average molecular weight is 186 g/mol. The number of aliphatic hydroxyl groups is 1. The zero-order valence-electron chi connectivity index (χ0n) is 8.79. The Kier molecular flexibility index (Phi) is 12.5. The van der Waals surface area contributed by atoms with Crippen LogP contribution in [0, 0.1) is 0 Å². The SMILES string of the molecule is CC(C)c1ccccc1.CF.CO. The summed E-state index contributed by atoms with van der Waals surface area (Å²) in [6.07, 6.45) is 0. The predicted octanol–water partition coefficient (Wildman–Crippen LogP) is 3.00. The molecular formula is C11H19FO. The molecule has 13 heavy (non-hydrogen) atoms. The Morgan fingerprint density at radius 2 is 1.38 bits per heavy atom. The number of hydrogen-bond donors (Lipinski definition) is 1. The molecule has 0 aliphatic carbocycles. The van der Waals surface area contributed by atoms with Crippen LogP contribution in [-0.4, -0.2) is 19.4 Å². The van der Waals surface area contributed by atoms with Gasteiger partial charge < -0.3 is 5.11 Å². The molecule has 0 aliphatic rings. The minimum Gasteiger partial charge on any atom is -0.400 e. The summed E-state index contributed by atoms with van der Waals surface area (Å²) in [4.78, 5) is 0. The molecule has 0 bridgehead atoms. The van der Waals surface area contributed by atoms with E-state index in [4.69, 9.17) is 5.11 Å². The molecule has 0 heterocycles. The third-order valence-corrected chi connectivity index (χ3v) is 1.47. The number of rotatable bonds is 1. The molecular weight excluding hydrogens is 167 g/mol. The number of alkyl halides is 1. The highest BCUT2D eigenvalue weighted by Crippen LogP contribution is 2.11. The number of aliphatic hydroxyl groups excluding tert-OH is 1. The molecule has 0 unspecified atom stereocenters. The maximum absolute atomic E-state index is 9.50. The highest BCUT2D eigenvalue weighted by atomic mass is 19.1. The van der Waals surface area contributed by atoms with Crippen molar-refractivity contribution in [2.75, 3.05) is 14.3 Å². The van der Waals surface area contributed by atoms with E-state index in [2.05, 4.69) is 38.1 Å². The van der Waals surface area contributed by atoms with Crippen molar-refractivity contribution >= 4 is 0 Å². The summed E-state index contributed by atoms with van der Waals surface area (Å²) in [5.74, 6) is 0.659. The molecule has 0 spiro atoms. The zero-order chi connectivity index (χ0) is 10.7. The summed E-state index contributed by atoms with van der Waals surface area (Å²) in [6, 6.07) is 10.5. The Balaban J connectivity index is 0. The molecule has 0 fully saturated rings. The molecule has 1 aromatic rings. The molecule has 0 aromatic heterocycles. The quantitative estimate of drug-likeness (QED) is 0.714. The highest BCUT2D eigenvalue weighted by molar-refractivity contribution is 5.17. The predicted molar refractivity (Wildman–Crippen MR) is 55.7 cm³/mol. The molecule has 1 nitrogen and oxygen atoms in total. The summed E-state index contributed by atoms with van der Waals surface area (Å²) < 4.78 is 9.50. The van der Waals surface area contributed by atoms with E-state index in [-0.39, 0.29) is 0 Å². The van der Waals surface area contributed by atoms with Gasteiger partial charge in [0.05, 0.1) is 7.18 Å². The van der Waals surface area contributed by atoms with Gasteiger partial charge in [-0.15, -0.1) is 0 Å². The van der Waals surface area contributed by atoms with Gasteiger partial charge in [0.25, 0.3) is 0 Å². The number of hydrogen-bond acceptors (Lipinski definition) is 1. The first-order chi connectivity index (χ1) is 6.30. The van der Waals surface area contributed by atoms with Crippen LogP contribution in [0.4, 0.5) is 4.39 Å². The number of halogens is 1. The van der Waals surface area contributed by atoms with E-state index in [9.17, 15) is 4.39 Å². The lowest BCUT2D eigenvalue weighted by Gasteiger charge is -2.01. The maximum Gasteiger partial charge on any atom is 0.0785 e. The molecule has 1 rings (SSSR count). The Hall–Kier alpha value is -0.890. The summed E-state index contributed by atoms with van der Waals surface area (Å²) >= 11 is 0. The van der Waals surface area contributed by atoms with E-state index < -0.39 is 0 Å². The zero-order valence-corrected chi connectivity index (χ0v) is 8.79. The van der Waals surface area contributed by atoms with Crippen LogP contribution < -0.4 is 0 Å². The average Bonchev–Trinajstić information content (AvgIpc) is 2.25. The van der Waals surface area contributed by atoms with E-state index in [0.717, 1.165) is 7.11 Å². The minimum atomic E-state index is 0.500. The van der Waals surface area contributed by atoms with Crippen LogP contribution in [0.15, 0.2) is 30.3 Å². The fraction of sp³-hybridized carbons (Fsp3) is 0.455. The Morgan fingerprint density at radius 3 is 1.62 bits per heavy atom. The maximum atomic E-state index is 9.50. The van der Waals surface area contributed by atoms with Gasteiger partial charge in [-0.1, -0.05) is 44.2 Å². The van der Waals surface area contributed by atoms with Gasteiger partial charge in [-0.3, -0.25) is 4.39 Å². The molecule has 0 radical (unpaired) electrons. The van der Waals surface area contributed by atoms with Gasteiger partial charge in [0.2, 0.25) is 0 Å². The van der Waals surface area contributed by atoms with E-state index in [1.165, 1.54) is 5.56 Å². The first-order valence-corrected chi connectivity index (χ1v) is 4.18. The first kappa shape index (κ1) is 14.6. The van der Waals surface area contributed by atoms with Crippen molar-refractivity contribution in [2.24, 2.45) is 0 Å². The Labute approximate surface area is 80.2 Å². The van der Waals surface area contributed by atoms with Crippen LogP contribution in [-0.2, 0) is 0 Å². The molecule has 1 N–H and O–H groups in total. The van der Waals surface area contributed by atoms with Gasteiger partial charge in [-0.25, -0.2) is 0 Å². The fourth-order valence-electron chi connectivity index (χ4n) is 0.838. The Morgan fingerprint density at radius 1 is 1.00 bits per heavy atom. The molecule has 0 amide bonds. The molecule has 0 aliphatic heterocycles. The fourth-order valence-corrected chi connectivity index (χ4v) is 0.838. The van der Waals surface area contributed by atoms with Gasteiger partial charge in [-0.2, -0.15) is 0 Å². The third kappa shape index (κ3) is 7.47. The standard InChI is InChI=1S/C9H12.CH3F.CH4O/c1-8(2)9-6-4-3-5-7-9;2*1-2/h3-8H,1-2H3;1H3;2H,1H3. The Bertz CT molecular complexity index is 173. The van der Waals surface area contributed by atoms with E-state index in [1.54, 1.807) is 0 Å². The minimum absolute atomic E-state index is 0.500. The van der Waals surface area contributed by atoms with Crippen LogP contribution in [0.2, 0.25) is 0 Å². The lowest BCUT2D eigenvalue weighted by Crippen LogP contribution is -1.83. The van der Waals surface area contributed by atoms with Crippen LogP contribution >= 0.6 is 0 Å². The van der Waals surface area contributed by atoms with Gasteiger partial charge in [0.15, 0.2) is 0 Å². The molecule has 0 atom stereocenters. The van der Waals surface area contributed by atoms with Gasteiger partial charge in [-0.05, 0) is 11.5 Å². The molecule has 2 heteroatoms. The highest BCUT2D eigenvalue weighted by Gasteiger charge is 1.93. The summed E-state index contributed by atoms with van der Waals surface area (Å²) in [5, 5.41) is 7.00. The van der Waals surface area contributed by atoms with Crippen molar-refractivity contribution < 1.29 is 9.50 Å². The third-order valence-electron chi connectivity index (χ3n) is 1.47. The van der Waals surface area contributed by atoms with Crippen molar-refractivity contribution in [1.82, 2.24) is 0 Å². The van der Waals surface area contributed by atoms with Gasteiger partial charge >= 0.3 is 0 Å². The number of benzene rings is 1. The first-order valence-electron chi connectivity index (χ1n) is 4.18. The summed E-state index contributed by atoms with van der Waals surface area (Å²) in [5.41, 5.74) is 1.41. The van der Waals surface area contributed by atoms with Crippen LogP contribution in [0.5, 0.6) is 0 Å². The van der Waals surface area contributed by atoms with Crippen LogP contribution in [0.1, 0.15) is 25.3 Å². The molecule has 0 saturated carbocycles. The molecule has 0 saturated heterocycles. The van der Waals surface area contributed by atoms with Gasteiger partial charge in [0.1, 0.15) is 0 Å². The van der Waals surface area contributed by atoms with Crippen molar-refractivity contribution in [2.45, 2.75) is 19.8 Å². The summed E-state index contributed by atoms with van der Waals surface area (Å²) in [7, 11) is 1.50. The monoisotopic (exact) mass is 186 g/mol.